The average molecular weight is 170 g/mol. The molecule has 12 heavy (non-hydrogen) atoms. The predicted molar refractivity (Wildman–Crippen MR) is 48.7 cm³/mol. The van der Waals surface area contributed by atoms with E-state index in [1.165, 1.54) is 0 Å². The van der Waals surface area contributed by atoms with E-state index in [0.29, 0.717) is 5.92 Å². The molecule has 0 saturated heterocycles. The highest BCUT2D eigenvalue weighted by Gasteiger charge is 2.25. The Bertz CT molecular complexity index is 175. The summed E-state index contributed by atoms with van der Waals surface area (Å²) in [7, 11) is 0. The van der Waals surface area contributed by atoms with E-state index in [1.54, 1.807) is 0 Å². The van der Waals surface area contributed by atoms with Gasteiger partial charge in [-0.15, -0.1) is 0 Å². The van der Waals surface area contributed by atoms with Gasteiger partial charge in [-0.3, -0.25) is 0 Å². The minimum absolute atomic E-state index is 0.209. The van der Waals surface area contributed by atoms with Crippen LogP contribution in [0.5, 0.6) is 0 Å². The average Bonchev–Trinajstić information content (AvgIpc) is 2.09. The van der Waals surface area contributed by atoms with Crippen LogP contribution in [0.15, 0.2) is 11.6 Å². The van der Waals surface area contributed by atoms with Crippen LogP contribution >= 0.6 is 0 Å². The number of hydrogen-bond acceptors (Lipinski definition) is 2. The molecule has 0 aromatic heterocycles. The molecule has 1 aliphatic carbocycles. The van der Waals surface area contributed by atoms with Crippen LogP contribution in [0.1, 0.15) is 26.7 Å². The molecule has 2 heteroatoms. The highest BCUT2D eigenvalue weighted by atomic mass is 16.3. The summed E-state index contributed by atoms with van der Waals surface area (Å²) in [6, 6.07) is 0. The third-order valence-corrected chi connectivity index (χ3v) is 2.69. The van der Waals surface area contributed by atoms with Gasteiger partial charge in [0.25, 0.3) is 0 Å². The van der Waals surface area contributed by atoms with Crippen LogP contribution in [-0.4, -0.2) is 22.9 Å². The van der Waals surface area contributed by atoms with E-state index < -0.39 is 0 Å². The van der Waals surface area contributed by atoms with E-state index in [-0.39, 0.29) is 18.6 Å². The zero-order valence-electron chi connectivity index (χ0n) is 7.83. The lowest BCUT2D eigenvalue weighted by molar-refractivity contribution is 0.110. The Balaban J connectivity index is 2.72. The van der Waals surface area contributed by atoms with Crippen molar-refractivity contribution in [3.8, 4) is 0 Å². The summed E-state index contributed by atoms with van der Waals surface area (Å²) < 4.78 is 0. The maximum Gasteiger partial charge on any atom is 0.0775 e. The third kappa shape index (κ3) is 1.87. The molecule has 3 atom stereocenters. The SMILES string of the molecule is CCC1=CC(CO)CC(C)C1O. The van der Waals surface area contributed by atoms with E-state index in [4.69, 9.17) is 5.11 Å². The summed E-state index contributed by atoms with van der Waals surface area (Å²) >= 11 is 0. The molecule has 0 aromatic rings. The van der Waals surface area contributed by atoms with E-state index in [0.717, 1.165) is 18.4 Å². The highest BCUT2D eigenvalue weighted by molar-refractivity contribution is 5.14. The lowest BCUT2D eigenvalue weighted by Crippen LogP contribution is -2.28. The molecule has 2 nitrogen and oxygen atoms in total. The van der Waals surface area contributed by atoms with E-state index in [2.05, 4.69) is 0 Å². The van der Waals surface area contributed by atoms with Crippen LogP contribution in [0, 0.1) is 11.8 Å². The normalized spacial score (nSPS) is 36.3. The minimum atomic E-state index is -0.280. The Morgan fingerprint density at radius 1 is 1.58 bits per heavy atom. The first-order valence-electron chi connectivity index (χ1n) is 4.68. The van der Waals surface area contributed by atoms with Crippen LogP contribution < -0.4 is 0 Å². The fourth-order valence-electron chi connectivity index (χ4n) is 1.90. The molecule has 1 rings (SSSR count). The van der Waals surface area contributed by atoms with Crippen LogP contribution in [-0.2, 0) is 0 Å². The van der Waals surface area contributed by atoms with Crippen molar-refractivity contribution in [2.24, 2.45) is 11.8 Å². The zero-order chi connectivity index (χ0) is 9.14. The van der Waals surface area contributed by atoms with Gasteiger partial charge in [0.15, 0.2) is 0 Å². The summed E-state index contributed by atoms with van der Waals surface area (Å²) in [5.74, 6) is 0.556. The summed E-state index contributed by atoms with van der Waals surface area (Å²) in [4.78, 5) is 0. The first-order chi connectivity index (χ1) is 5.69. The smallest absolute Gasteiger partial charge is 0.0775 e. The van der Waals surface area contributed by atoms with Gasteiger partial charge in [0.05, 0.1) is 6.10 Å². The Hall–Kier alpha value is -0.340. The maximum absolute atomic E-state index is 9.70. The molecular formula is C10H18O2. The molecule has 0 spiro atoms. The van der Waals surface area contributed by atoms with E-state index in [9.17, 15) is 5.11 Å². The summed E-state index contributed by atoms with van der Waals surface area (Å²) in [6.45, 7) is 4.29. The van der Waals surface area contributed by atoms with Gasteiger partial charge in [-0.2, -0.15) is 0 Å². The minimum Gasteiger partial charge on any atom is -0.396 e. The van der Waals surface area contributed by atoms with Gasteiger partial charge in [0.2, 0.25) is 0 Å². The maximum atomic E-state index is 9.70. The topological polar surface area (TPSA) is 40.5 Å². The predicted octanol–water partition coefficient (Wildman–Crippen LogP) is 1.33. The molecule has 0 heterocycles. The molecule has 0 fully saturated rings. The molecule has 0 bridgehead atoms. The van der Waals surface area contributed by atoms with Gasteiger partial charge in [0, 0.05) is 12.5 Å². The molecule has 2 N–H and O–H groups in total. The second-order valence-corrected chi connectivity index (χ2v) is 3.70. The van der Waals surface area contributed by atoms with Crippen molar-refractivity contribution in [1.29, 1.82) is 0 Å². The number of rotatable bonds is 2. The van der Waals surface area contributed by atoms with Gasteiger partial charge in [0.1, 0.15) is 0 Å². The summed E-state index contributed by atoms with van der Waals surface area (Å²) in [5.41, 5.74) is 1.09. The van der Waals surface area contributed by atoms with Crippen molar-refractivity contribution in [2.45, 2.75) is 32.8 Å². The fourth-order valence-corrected chi connectivity index (χ4v) is 1.90. The Morgan fingerprint density at radius 3 is 2.75 bits per heavy atom. The summed E-state index contributed by atoms with van der Waals surface area (Å²) in [5, 5.41) is 18.7. The monoisotopic (exact) mass is 170 g/mol. The molecule has 0 radical (unpaired) electrons. The lowest BCUT2D eigenvalue weighted by Gasteiger charge is -2.29. The molecule has 0 aliphatic heterocycles. The van der Waals surface area contributed by atoms with Crippen molar-refractivity contribution >= 4 is 0 Å². The Morgan fingerprint density at radius 2 is 2.25 bits per heavy atom. The quantitative estimate of drug-likeness (QED) is 0.614. The van der Waals surface area contributed by atoms with Crippen molar-refractivity contribution in [3.05, 3.63) is 11.6 Å². The lowest BCUT2D eigenvalue weighted by atomic mass is 9.81. The first-order valence-corrected chi connectivity index (χ1v) is 4.68. The van der Waals surface area contributed by atoms with Gasteiger partial charge in [-0.1, -0.05) is 19.9 Å². The van der Waals surface area contributed by atoms with Crippen LogP contribution in [0.4, 0.5) is 0 Å². The first kappa shape index (κ1) is 9.75. The standard InChI is InChI=1S/C10H18O2/c1-3-9-5-8(6-11)4-7(2)10(9)12/h5,7-8,10-12H,3-4,6H2,1-2H3. The van der Waals surface area contributed by atoms with Gasteiger partial charge in [-0.25, -0.2) is 0 Å². The number of aliphatic hydroxyl groups excluding tert-OH is 2. The second-order valence-electron chi connectivity index (χ2n) is 3.70. The van der Waals surface area contributed by atoms with Crippen molar-refractivity contribution in [1.82, 2.24) is 0 Å². The van der Waals surface area contributed by atoms with Crippen LogP contribution in [0.2, 0.25) is 0 Å². The van der Waals surface area contributed by atoms with Crippen LogP contribution in [0.25, 0.3) is 0 Å². The van der Waals surface area contributed by atoms with Gasteiger partial charge >= 0.3 is 0 Å². The second kappa shape index (κ2) is 4.06. The van der Waals surface area contributed by atoms with Crippen molar-refractivity contribution < 1.29 is 10.2 Å². The molecule has 0 saturated carbocycles. The molecule has 0 aromatic carbocycles. The van der Waals surface area contributed by atoms with Crippen LogP contribution in [0.3, 0.4) is 0 Å². The molecular weight excluding hydrogens is 152 g/mol. The molecule has 3 unspecified atom stereocenters. The molecule has 1 aliphatic rings. The summed E-state index contributed by atoms with van der Waals surface area (Å²) in [6.07, 6.45) is 3.55. The third-order valence-electron chi connectivity index (χ3n) is 2.69. The van der Waals surface area contributed by atoms with Crippen molar-refractivity contribution in [3.63, 3.8) is 0 Å². The van der Waals surface area contributed by atoms with Crippen molar-refractivity contribution in [2.75, 3.05) is 6.61 Å². The van der Waals surface area contributed by atoms with E-state index >= 15 is 0 Å². The fraction of sp³-hybridized carbons (Fsp3) is 0.800. The molecule has 70 valence electrons. The Labute approximate surface area is 73.9 Å². The number of hydrogen-bond donors (Lipinski definition) is 2. The molecule has 0 amide bonds. The highest BCUT2D eigenvalue weighted by Crippen LogP contribution is 2.29. The largest absolute Gasteiger partial charge is 0.396 e. The van der Waals surface area contributed by atoms with Gasteiger partial charge in [-0.05, 0) is 24.3 Å². The zero-order valence-corrected chi connectivity index (χ0v) is 7.83. The van der Waals surface area contributed by atoms with Gasteiger partial charge < -0.3 is 10.2 Å². The Kier molecular flexibility index (Phi) is 3.29. The number of aliphatic hydroxyl groups is 2. The van der Waals surface area contributed by atoms with E-state index in [1.807, 2.05) is 19.9 Å².